The van der Waals surface area contributed by atoms with Crippen LogP contribution in [0.2, 0.25) is 0 Å². The number of aromatic nitrogens is 2. The van der Waals surface area contributed by atoms with E-state index in [1.165, 1.54) is 18.2 Å². The van der Waals surface area contributed by atoms with E-state index in [9.17, 15) is 9.18 Å². The van der Waals surface area contributed by atoms with E-state index in [-0.39, 0.29) is 11.7 Å². The molecule has 2 aromatic carbocycles. The van der Waals surface area contributed by atoms with E-state index in [0.29, 0.717) is 16.8 Å². The third kappa shape index (κ3) is 4.20. The number of amides is 1. The maximum atomic E-state index is 13.1. The standard InChI is InChI=1S/C17H14FN3O2S/c1-11-5-7-12(8-6-11)16-20-21-17(23-16)24-10-15(22)19-14-4-2-3-13(18)9-14/h2-9H,10H2,1H3,(H,19,22). The predicted octanol–water partition coefficient (Wildman–Crippen LogP) is 3.91. The molecule has 5 nitrogen and oxygen atoms in total. The van der Waals surface area contributed by atoms with Gasteiger partial charge in [0.15, 0.2) is 0 Å². The van der Waals surface area contributed by atoms with Gasteiger partial charge in [0, 0.05) is 11.3 Å². The summed E-state index contributed by atoms with van der Waals surface area (Å²) in [7, 11) is 0. The monoisotopic (exact) mass is 343 g/mol. The minimum absolute atomic E-state index is 0.0893. The third-order valence-electron chi connectivity index (χ3n) is 3.14. The van der Waals surface area contributed by atoms with Gasteiger partial charge in [-0.3, -0.25) is 4.79 Å². The van der Waals surface area contributed by atoms with Gasteiger partial charge in [0.1, 0.15) is 5.82 Å². The van der Waals surface area contributed by atoms with Crippen molar-refractivity contribution in [1.29, 1.82) is 0 Å². The number of hydrogen-bond acceptors (Lipinski definition) is 5. The summed E-state index contributed by atoms with van der Waals surface area (Å²) < 4.78 is 18.6. The minimum atomic E-state index is -0.403. The highest BCUT2D eigenvalue weighted by atomic mass is 32.2. The molecule has 3 rings (SSSR count). The normalized spacial score (nSPS) is 10.6. The largest absolute Gasteiger partial charge is 0.411 e. The molecule has 1 N–H and O–H groups in total. The van der Waals surface area contributed by atoms with Crippen LogP contribution in [0.25, 0.3) is 11.5 Å². The molecule has 0 unspecified atom stereocenters. The molecule has 1 amide bonds. The summed E-state index contributed by atoms with van der Waals surface area (Å²) in [5, 5.41) is 10.8. The van der Waals surface area contributed by atoms with Crippen molar-refractivity contribution in [3.63, 3.8) is 0 Å². The second-order valence-corrected chi connectivity index (χ2v) is 6.01. The lowest BCUT2D eigenvalue weighted by atomic mass is 10.1. The Labute approximate surface area is 142 Å². The summed E-state index contributed by atoms with van der Waals surface area (Å²) in [6, 6.07) is 13.4. The maximum Gasteiger partial charge on any atom is 0.277 e. The first-order valence-corrected chi connectivity index (χ1v) is 8.17. The fourth-order valence-corrected chi connectivity index (χ4v) is 2.53. The van der Waals surface area contributed by atoms with Gasteiger partial charge in [0.25, 0.3) is 5.22 Å². The van der Waals surface area contributed by atoms with Crippen LogP contribution in [0, 0.1) is 12.7 Å². The Hall–Kier alpha value is -2.67. The maximum absolute atomic E-state index is 13.1. The highest BCUT2D eigenvalue weighted by Crippen LogP contribution is 2.23. The lowest BCUT2D eigenvalue weighted by Crippen LogP contribution is -2.14. The number of halogens is 1. The average molecular weight is 343 g/mol. The number of nitrogens with one attached hydrogen (secondary N) is 1. The Kier molecular flexibility index (Phi) is 4.90. The zero-order valence-electron chi connectivity index (χ0n) is 12.8. The zero-order chi connectivity index (χ0) is 16.9. The molecule has 0 fully saturated rings. The molecule has 0 saturated heterocycles. The molecule has 0 aliphatic rings. The van der Waals surface area contributed by atoms with Crippen molar-refractivity contribution >= 4 is 23.4 Å². The van der Waals surface area contributed by atoms with Gasteiger partial charge in [-0.15, -0.1) is 10.2 Å². The number of anilines is 1. The van der Waals surface area contributed by atoms with E-state index in [4.69, 9.17) is 4.42 Å². The highest BCUT2D eigenvalue weighted by molar-refractivity contribution is 7.99. The summed E-state index contributed by atoms with van der Waals surface area (Å²) in [5.41, 5.74) is 2.37. The molecule has 0 aliphatic carbocycles. The van der Waals surface area contributed by atoms with Gasteiger partial charge in [-0.1, -0.05) is 35.5 Å². The van der Waals surface area contributed by atoms with Crippen molar-refractivity contribution in [3.05, 3.63) is 59.9 Å². The van der Waals surface area contributed by atoms with E-state index in [0.717, 1.165) is 22.9 Å². The molecule has 1 heterocycles. The second-order valence-electron chi connectivity index (χ2n) is 5.09. The Bertz CT molecular complexity index is 849. The number of carbonyl (C=O) groups excluding carboxylic acids is 1. The van der Waals surface area contributed by atoms with Crippen LogP contribution < -0.4 is 5.32 Å². The number of aryl methyl sites for hydroxylation is 1. The Morgan fingerprint density at radius 1 is 1.21 bits per heavy atom. The molecule has 0 atom stereocenters. The molecule has 0 aliphatic heterocycles. The molecule has 0 bridgehead atoms. The molecule has 0 saturated carbocycles. The Morgan fingerprint density at radius 2 is 2.00 bits per heavy atom. The van der Waals surface area contributed by atoms with E-state index in [1.807, 2.05) is 31.2 Å². The minimum Gasteiger partial charge on any atom is -0.411 e. The van der Waals surface area contributed by atoms with Gasteiger partial charge < -0.3 is 9.73 Å². The first-order valence-electron chi connectivity index (χ1n) is 7.19. The van der Waals surface area contributed by atoms with E-state index < -0.39 is 5.82 Å². The second kappa shape index (κ2) is 7.27. The van der Waals surface area contributed by atoms with Gasteiger partial charge in [0.2, 0.25) is 11.8 Å². The lowest BCUT2D eigenvalue weighted by Gasteiger charge is -2.03. The average Bonchev–Trinajstić information content (AvgIpc) is 3.03. The first-order chi connectivity index (χ1) is 11.6. The number of carbonyl (C=O) groups is 1. The van der Waals surface area contributed by atoms with Gasteiger partial charge in [-0.25, -0.2) is 4.39 Å². The zero-order valence-corrected chi connectivity index (χ0v) is 13.6. The van der Waals surface area contributed by atoms with Crippen molar-refractivity contribution in [2.75, 3.05) is 11.1 Å². The molecular formula is C17H14FN3O2S. The fourth-order valence-electron chi connectivity index (χ4n) is 1.97. The molecule has 1 aromatic heterocycles. The van der Waals surface area contributed by atoms with Crippen molar-refractivity contribution in [2.45, 2.75) is 12.1 Å². The fraction of sp³-hybridized carbons (Fsp3) is 0.118. The highest BCUT2D eigenvalue weighted by Gasteiger charge is 2.11. The smallest absolute Gasteiger partial charge is 0.277 e. The van der Waals surface area contributed by atoms with Crippen molar-refractivity contribution in [2.24, 2.45) is 0 Å². The first kappa shape index (κ1) is 16.2. The van der Waals surface area contributed by atoms with Crippen LogP contribution in [-0.2, 0) is 4.79 Å². The quantitative estimate of drug-likeness (QED) is 0.711. The van der Waals surface area contributed by atoms with Crippen LogP contribution in [0.4, 0.5) is 10.1 Å². The van der Waals surface area contributed by atoms with Crippen molar-refractivity contribution in [1.82, 2.24) is 10.2 Å². The van der Waals surface area contributed by atoms with E-state index in [2.05, 4.69) is 15.5 Å². The number of benzene rings is 2. The van der Waals surface area contributed by atoms with Crippen LogP contribution in [0.15, 0.2) is 58.2 Å². The summed E-state index contributed by atoms with van der Waals surface area (Å²) in [4.78, 5) is 11.9. The summed E-state index contributed by atoms with van der Waals surface area (Å²) in [5.74, 6) is -0.185. The summed E-state index contributed by atoms with van der Waals surface area (Å²) >= 11 is 1.12. The summed E-state index contributed by atoms with van der Waals surface area (Å²) in [6.07, 6.45) is 0. The SMILES string of the molecule is Cc1ccc(-c2nnc(SCC(=O)Nc3cccc(F)c3)o2)cc1. The topological polar surface area (TPSA) is 68.0 Å². The molecule has 7 heteroatoms. The van der Waals surface area contributed by atoms with Crippen molar-refractivity contribution in [3.8, 4) is 11.5 Å². The van der Waals surface area contributed by atoms with Gasteiger partial charge >= 0.3 is 0 Å². The molecule has 3 aromatic rings. The van der Waals surface area contributed by atoms with E-state index >= 15 is 0 Å². The number of nitrogens with zero attached hydrogens (tertiary/aromatic N) is 2. The summed E-state index contributed by atoms with van der Waals surface area (Å²) in [6.45, 7) is 2.00. The van der Waals surface area contributed by atoms with Crippen molar-refractivity contribution < 1.29 is 13.6 Å². The third-order valence-corrected chi connectivity index (χ3v) is 3.96. The van der Waals surface area contributed by atoms with Gasteiger partial charge in [-0.2, -0.15) is 0 Å². The molecule has 0 radical (unpaired) electrons. The van der Waals surface area contributed by atoms with Crippen LogP contribution in [0.5, 0.6) is 0 Å². The van der Waals surface area contributed by atoms with Gasteiger partial charge in [-0.05, 0) is 37.3 Å². The number of hydrogen-bond donors (Lipinski definition) is 1. The molecule has 122 valence electrons. The number of thioether (sulfide) groups is 1. The molecular weight excluding hydrogens is 329 g/mol. The lowest BCUT2D eigenvalue weighted by molar-refractivity contribution is -0.113. The van der Waals surface area contributed by atoms with Crippen LogP contribution >= 0.6 is 11.8 Å². The molecule has 24 heavy (non-hydrogen) atoms. The van der Waals surface area contributed by atoms with Gasteiger partial charge in [0.05, 0.1) is 5.75 Å². The van der Waals surface area contributed by atoms with Crippen LogP contribution in [0.1, 0.15) is 5.56 Å². The Balaban J connectivity index is 1.57. The van der Waals surface area contributed by atoms with Crippen LogP contribution in [-0.4, -0.2) is 21.9 Å². The Morgan fingerprint density at radius 3 is 2.75 bits per heavy atom. The number of rotatable bonds is 5. The predicted molar refractivity (Wildman–Crippen MR) is 90.2 cm³/mol. The van der Waals surface area contributed by atoms with E-state index in [1.54, 1.807) is 6.07 Å². The van der Waals surface area contributed by atoms with Crippen LogP contribution in [0.3, 0.4) is 0 Å². The molecule has 0 spiro atoms.